The number of halogens is 4. The average molecular weight is 355 g/mol. The molecular formula is C13H14BrF3O3. The van der Waals surface area contributed by atoms with E-state index in [1.165, 1.54) is 7.11 Å². The summed E-state index contributed by atoms with van der Waals surface area (Å²) >= 11 is 3.04. The van der Waals surface area contributed by atoms with Crippen molar-refractivity contribution in [3.8, 4) is 5.75 Å². The summed E-state index contributed by atoms with van der Waals surface area (Å²) in [5.74, 6) is -0.880. The van der Waals surface area contributed by atoms with Crippen LogP contribution in [-0.2, 0) is 16.4 Å². The molecule has 0 aromatic heterocycles. The Labute approximate surface area is 122 Å². The van der Waals surface area contributed by atoms with Gasteiger partial charge in [0.05, 0.1) is 23.6 Å². The Hall–Kier alpha value is -1.24. The summed E-state index contributed by atoms with van der Waals surface area (Å²) in [7, 11) is 1.33. The number of carboxylic acid groups (broad SMARTS) is 1. The zero-order valence-electron chi connectivity index (χ0n) is 11.1. The highest BCUT2D eigenvalue weighted by molar-refractivity contribution is 9.10. The van der Waals surface area contributed by atoms with E-state index in [1.807, 2.05) is 0 Å². The third-order valence-electron chi connectivity index (χ3n) is 2.90. The van der Waals surface area contributed by atoms with Gasteiger partial charge in [-0.15, -0.1) is 0 Å². The lowest BCUT2D eigenvalue weighted by Crippen LogP contribution is -2.23. The molecule has 0 heterocycles. The van der Waals surface area contributed by atoms with Gasteiger partial charge in [-0.05, 0) is 28.1 Å². The minimum absolute atomic E-state index is 0.142. The van der Waals surface area contributed by atoms with Crippen LogP contribution in [-0.4, -0.2) is 18.2 Å². The predicted octanol–water partition coefficient (Wildman–Crippen LogP) is 4.23. The molecule has 0 aliphatic heterocycles. The molecule has 112 valence electrons. The van der Waals surface area contributed by atoms with Gasteiger partial charge in [0.1, 0.15) is 5.75 Å². The number of benzene rings is 1. The molecule has 7 heteroatoms. The van der Waals surface area contributed by atoms with E-state index in [4.69, 9.17) is 9.84 Å². The van der Waals surface area contributed by atoms with E-state index in [0.29, 0.717) is 0 Å². The predicted molar refractivity (Wildman–Crippen MR) is 71.0 cm³/mol. The molecular weight excluding hydrogens is 341 g/mol. The van der Waals surface area contributed by atoms with Gasteiger partial charge in [-0.25, -0.2) is 0 Å². The van der Waals surface area contributed by atoms with E-state index in [2.05, 4.69) is 15.9 Å². The van der Waals surface area contributed by atoms with Crippen molar-refractivity contribution in [3.05, 3.63) is 27.7 Å². The van der Waals surface area contributed by atoms with Gasteiger partial charge in [0.15, 0.2) is 0 Å². The lowest BCUT2D eigenvalue weighted by molar-refractivity contribution is -0.138. The molecule has 20 heavy (non-hydrogen) atoms. The zero-order chi connectivity index (χ0) is 15.7. The number of ether oxygens (including phenoxy) is 1. The molecule has 0 aliphatic carbocycles. The molecule has 0 saturated carbocycles. The molecule has 0 fully saturated rings. The van der Waals surface area contributed by atoms with Crippen LogP contribution in [0, 0.1) is 0 Å². The maximum absolute atomic E-state index is 12.9. The van der Waals surface area contributed by atoms with Gasteiger partial charge in [-0.1, -0.05) is 13.8 Å². The van der Waals surface area contributed by atoms with Gasteiger partial charge in [-0.2, -0.15) is 13.2 Å². The van der Waals surface area contributed by atoms with Crippen LogP contribution in [0.15, 0.2) is 16.6 Å². The Morgan fingerprint density at radius 2 is 1.90 bits per heavy atom. The number of aliphatic carboxylic acids is 1. The fourth-order valence-electron chi connectivity index (χ4n) is 1.94. The summed E-state index contributed by atoms with van der Waals surface area (Å²) in [6.07, 6.45) is -4.82. The minimum atomic E-state index is -4.51. The second-order valence-electron chi connectivity index (χ2n) is 4.99. The number of carbonyl (C=O) groups is 1. The molecule has 1 rings (SSSR count). The van der Waals surface area contributed by atoms with E-state index < -0.39 is 23.1 Å². The molecule has 1 aromatic carbocycles. The average Bonchev–Trinajstić information content (AvgIpc) is 2.24. The van der Waals surface area contributed by atoms with Gasteiger partial charge in [0.2, 0.25) is 0 Å². The number of hydrogen-bond acceptors (Lipinski definition) is 2. The lowest BCUT2D eigenvalue weighted by Gasteiger charge is -2.27. The largest absolute Gasteiger partial charge is 0.495 e. The highest BCUT2D eigenvalue weighted by Crippen LogP contribution is 2.43. The van der Waals surface area contributed by atoms with Crippen molar-refractivity contribution in [1.82, 2.24) is 0 Å². The second-order valence-corrected chi connectivity index (χ2v) is 5.85. The summed E-state index contributed by atoms with van der Waals surface area (Å²) in [5, 5.41) is 8.90. The first-order chi connectivity index (χ1) is 8.99. The van der Waals surface area contributed by atoms with Crippen molar-refractivity contribution in [3.63, 3.8) is 0 Å². The quantitative estimate of drug-likeness (QED) is 0.879. The molecule has 0 saturated heterocycles. The van der Waals surface area contributed by atoms with Gasteiger partial charge in [0.25, 0.3) is 0 Å². The summed E-state index contributed by atoms with van der Waals surface area (Å²) in [6.45, 7) is 3.12. The summed E-state index contributed by atoms with van der Waals surface area (Å²) in [4.78, 5) is 10.9. The standard InChI is InChI=1S/C13H14BrF3O3/c1-12(2,6-10(18)19)8-4-7(13(15,16)17)5-9(14)11(8)20-3/h4-5H,6H2,1-3H3,(H,18,19). The Morgan fingerprint density at radius 1 is 1.35 bits per heavy atom. The lowest BCUT2D eigenvalue weighted by atomic mass is 9.80. The molecule has 3 nitrogen and oxygen atoms in total. The molecule has 1 N–H and O–H groups in total. The molecule has 0 amide bonds. The van der Waals surface area contributed by atoms with E-state index in [9.17, 15) is 18.0 Å². The molecule has 0 atom stereocenters. The first-order valence-corrected chi connectivity index (χ1v) is 6.45. The van der Waals surface area contributed by atoms with Gasteiger partial charge < -0.3 is 9.84 Å². The van der Waals surface area contributed by atoms with Crippen molar-refractivity contribution in [2.45, 2.75) is 31.9 Å². The molecule has 0 bridgehead atoms. The first-order valence-electron chi connectivity index (χ1n) is 5.66. The number of carboxylic acids is 1. The highest BCUT2D eigenvalue weighted by Gasteiger charge is 2.36. The van der Waals surface area contributed by atoms with E-state index >= 15 is 0 Å². The Balaban J connectivity index is 3.50. The minimum Gasteiger partial charge on any atom is -0.495 e. The van der Waals surface area contributed by atoms with Gasteiger partial charge >= 0.3 is 12.1 Å². The van der Waals surface area contributed by atoms with Crippen LogP contribution in [0.4, 0.5) is 13.2 Å². The maximum atomic E-state index is 12.9. The van der Waals surface area contributed by atoms with Crippen LogP contribution in [0.5, 0.6) is 5.75 Å². The van der Waals surface area contributed by atoms with Gasteiger partial charge in [-0.3, -0.25) is 4.79 Å². The first kappa shape index (κ1) is 16.8. The third-order valence-corrected chi connectivity index (χ3v) is 3.49. The smallest absolute Gasteiger partial charge is 0.416 e. The Bertz CT molecular complexity index is 524. The molecule has 0 spiro atoms. The van der Waals surface area contributed by atoms with Crippen LogP contribution in [0.2, 0.25) is 0 Å². The van der Waals surface area contributed by atoms with E-state index in [0.717, 1.165) is 12.1 Å². The fraction of sp³-hybridized carbons (Fsp3) is 0.462. The monoisotopic (exact) mass is 354 g/mol. The number of methoxy groups -OCH3 is 1. The summed E-state index contributed by atoms with van der Waals surface area (Å²) in [6, 6.07) is 1.85. The van der Waals surface area contributed by atoms with Crippen molar-refractivity contribution < 1.29 is 27.8 Å². The van der Waals surface area contributed by atoms with Crippen LogP contribution in [0.3, 0.4) is 0 Å². The maximum Gasteiger partial charge on any atom is 0.416 e. The number of rotatable bonds is 4. The van der Waals surface area contributed by atoms with Crippen LogP contribution < -0.4 is 4.74 Å². The Morgan fingerprint density at radius 3 is 2.30 bits per heavy atom. The zero-order valence-corrected chi connectivity index (χ0v) is 12.7. The van der Waals surface area contributed by atoms with Crippen LogP contribution >= 0.6 is 15.9 Å². The fourth-order valence-corrected chi connectivity index (χ4v) is 2.56. The number of alkyl halides is 3. The third kappa shape index (κ3) is 3.65. The van der Waals surface area contributed by atoms with Crippen molar-refractivity contribution in [2.75, 3.05) is 7.11 Å². The van der Waals surface area contributed by atoms with Gasteiger partial charge in [0, 0.05) is 11.0 Å². The van der Waals surface area contributed by atoms with E-state index in [1.54, 1.807) is 13.8 Å². The summed E-state index contributed by atoms with van der Waals surface area (Å²) < 4.78 is 43.8. The molecule has 0 unspecified atom stereocenters. The van der Waals surface area contributed by atoms with E-state index in [-0.39, 0.29) is 22.2 Å². The highest BCUT2D eigenvalue weighted by atomic mass is 79.9. The Kier molecular flexibility index (Phi) is 4.74. The molecule has 0 radical (unpaired) electrons. The number of hydrogen-bond donors (Lipinski definition) is 1. The second kappa shape index (κ2) is 5.63. The van der Waals surface area contributed by atoms with Crippen molar-refractivity contribution in [1.29, 1.82) is 0 Å². The summed E-state index contributed by atoms with van der Waals surface area (Å²) in [5.41, 5.74) is -1.65. The van der Waals surface area contributed by atoms with Crippen molar-refractivity contribution in [2.24, 2.45) is 0 Å². The SMILES string of the molecule is COc1c(Br)cc(C(F)(F)F)cc1C(C)(C)CC(=O)O. The molecule has 0 aliphatic rings. The van der Waals surface area contributed by atoms with Crippen LogP contribution in [0.1, 0.15) is 31.4 Å². The van der Waals surface area contributed by atoms with Crippen LogP contribution in [0.25, 0.3) is 0 Å². The topological polar surface area (TPSA) is 46.5 Å². The normalized spacial score (nSPS) is 12.3. The van der Waals surface area contributed by atoms with Crippen molar-refractivity contribution >= 4 is 21.9 Å². The molecule has 1 aromatic rings.